The van der Waals surface area contributed by atoms with Crippen LogP contribution >= 0.6 is 0 Å². The molecule has 1 aromatic carbocycles. The van der Waals surface area contributed by atoms with Gasteiger partial charge in [-0.05, 0) is 44.5 Å². The molecule has 2 aromatic heterocycles. The summed E-state index contributed by atoms with van der Waals surface area (Å²) in [6.07, 6.45) is 4.74. The Morgan fingerprint density at radius 1 is 1.34 bits per heavy atom. The topological polar surface area (TPSA) is 122 Å². The molecule has 3 heterocycles. The summed E-state index contributed by atoms with van der Waals surface area (Å²) in [4.78, 5) is 28.8. The Balaban J connectivity index is 1.96. The molecule has 4 N–H and O–H groups in total. The number of pyridine rings is 1. The van der Waals surface area contributed by atoms with E-state index >= 15 is 4.39 Å². The number of rotatable bonds is 8. The van der Waals surface area contributed by atoms with Crippen LogP contribution in [0, 0.1) is 11.6 Å². The summed E-state index contributed by atoms with van der Waals surface area (Å²) in [5, 5.41) is 14.0. The van der Waals surface area contributed by atoms with E-state index < -0.39 is 23.1 Å². The lowest BCUT2D eigenvalue weighted by Crippen LogP contribution is -2.51. The van der Waals surface area contributed by atoms with Crippen molar-refractivity contribution in [3.63, 3.8) is 0 Å². The van der Waals surface area contributed by atoms with E-state index in [1.807, 2.05) is 18.7 Å². The molecule has 11 heteroatoms. The number of nitrogens with two attached hydrogens (primary N) is 1. The molecule has 0 spiro atoms. The van der Waals surface area contributed by atoms with E-state index in [0.717, 1.165) is 12.5 Å². The number of hydrogen-bond donors (Lipinski definition) is 3. The van der Waals surface area contributed by atoms with Crippen molar-refractivity contribution in [3.05, 3.63) is 58.2 Å². The number of aromatic nitrogens is 3. The summed E-state index contributed by atoms with van der Waals surface area (Å²) in [5.74, 6) is -1.79. The van der Waals surface area contributed by atoms with Crippen molar-refractivity contribution >= 4 is 23.1 Å². The Morgan fingerprint density at radius 2 is 2.13 bits per heavy atom. The third-order valence-corrected chi connectivity index (χ3v) is 6.54. The average molecular weight is 526 g/mol. The quantitative estimate of drug-likeness (QED) is 0.386. The van der Waals surface area contributed by atoms with Gasteiger partial charge in [0.2, 0.25) is 0 Å². The molecular weight excluding hydrogens is 492 g/mol. The van der Waals surface area contributed by atoms with Crippen LogP contribution in [0.4, 0.5) is 14.6 Å². The molecule has 38 heavy (non-hydrogen) atoms. The maximum Gasteiger partial charge on any atom is 0.351 e. The van der Waals surface area contributed by atoms with Crippen LogP contribution < -0.4 is 21.6 Å². The van der Waals surface area contributed by atoms with Gasteiger partial charge in [-0.3, -0.25) is 9.56 Å². The van der Waals surface area contributed by atoms with Crippen LogP contribution in [-0.2, 0) is 6.54 Å². The van der Waals surface area contributed by atoms with E-state index in [1.165, 1.54) is 22.8 Å². The Labute approximate surface area is 219 Å². The van der Waals surface area contributed by atoms with E-state index in [0.29, 0.717) is 43.0 Å². The van der Waals surface area contributed by atoms with Crippen molar-refractivity contribution in [2.75, 3.05) is 24.5 Å². The number of nitrogens with zero attached hydrogens (tertiary/aromatic N) is 5. The summed E-state index contributed by atoms with van der Waals surface area (Å²) in [7, 11) is 0. The first-order chi connectivity index (χ1) is 18.2. The van der Waals surface area contributed by atoms with E-state index in [1.54, 1.807) is 19.2 Å². The van der Waals surface area contributed by atoms with Crippen LogP contribution in [-0.4, -0.2) is 57.6 Å². The van der Waals surface area contributed by atoms with E-state index in [4.69, 9.17) is 5.73 Å². The summed E-state index contributed by atoms with van der Waals surface area (Å²) < 4.78 is 31.6. The highest BCUT2D eigenvalue weighted by atomic mass is 19.1. The van der Waals surface area contributed by atoms with Gasteiger partial charge >= 0.3 is 5.69 Å². The fourth-order valence-electron chi connectivity index (χ4n) is 4.65. The molecule has 202 valence electrons. The largest absolute Gasteiger partial charge is 0.507 e. The van der Waals surface area contributed by atoms with E-state index in [9.17, 15) is 14.3 Å². The Morgan fingerprint density at radius 3 is 2.82 bits per heavy atom. The molecular formula is C27H33F2N7O2. The molecule has 3 aromatic rings. The average Bonchev–Trinajstić information content (AvgIpc) is 2.86. The van der Waals surface area contributed by atoms with Crippen molar-refractivity contribution in [2.45, 2.75) is 52.2 Å². The van der Waals surface area contributed by atoms with Crippen molar-refractivity contribution in [3.8, 4) is 17.0 Å². The number of piperazine rings is 1. The smallest absolute Gasteiger partial charge is 0.351 e. The van der Waals surface area contributed by atoms with Gasteiger partial charge in [0.05, 0.1) is 23.5 Å². The highest BCUT2D eigenvalue weighted by Crippen LogP contribution is 2.35. The second kappa shape index (κ2) is 11.7. The van der Waals surface area contributed by atoms with Gasteiger partial charge in [0, 0.05) is 37.6 Å². The van der Waals surface area contributed by atoms with Crippen LogP contribution in [0.25, 0.3) is 22.3 Å². The first-order valence-electron chi connectivity index (χ1n) is 12.7. The van der Waals surface area contributed by atoms with Crippen LogP contribution in [0.15, 0.2) is 45.8 Å². The monoisotopic (exact) mass is 525 g/mol. The second-order valence-corrected chi connectivity index (χ2v) is 9.55. The minimum atomic E-state index is -0.833. The predicted molar refractivity (Wildman–Crippen MR) is 146 cm³/mol. The standard InChI is InChI=1S/C27H33F2N7O2/c1-4-6-18(32-10-9-16(2)30)15-36-25-19(26(34-27(36)38)35-12-11-31-14-17(35)3)13-21(29)24(33-25)23-20(28)7-5-8-22(23)37/h5,7-10,13,17-18,31,37H,4,6,11-12,14-15,30H2,1-3H3/b16-9-,32-10-/t17-,18?/m0/s1. The minimum Gasteiger partial charge on any atom is -0.507 e. The molecule has 9 nitrogen and oxygen atoms in total. The molecule has 0 amide bonds. The lowest BCUT2D eigenvalue weighted by Gasteiger charge is -2.35. The van der Waals surface area contributed by atoms with Crippen LogP contribution in [0.1, 0.15) is 33.6 Å². The SMILES string of the molecule is CCCC(Cn1c(=O)nc(N2CCNC[C@@H]2C)c2cc(F)c(-c3c(O)cccc3F)nc21)/N=C\C=C(\C)N. The van der Waals surface area contributed by atoms with Crippen LogP contribution in [0.3, 0.4) is 0 Å². The van der Waals surface area contributed by atoms with E-state index in [-0.39, 0.29) is 35.5 Å². The summed E-state index contributed by atoms with van der Waals surface area (Å²) >= 11 is 0. The lowest BCUT2D eigenvalue weighted by atomic mass is 10.1. The molecule has 0 saturated carbocycles. The molecule has 2 atom stereocenters. The molecule has 1 fully saturated rings. The Bertz CT molecular complexity index is 1410. The molecule has 1 unspecified atom stereocenters. The van der Waals surface area contributed by atoms with Gasteiger partial charge in [-0.15, -0.1) is 0 Å². The van der Waals surface area contributed by atoms with Crippen molar-refractivity contribution < 1.29 is 13.9 Å². The van der Waals surface area contributed by atoms with E-state index in [2.05, 4.69) is 20.3 Å². The van der Waals surface area contributed by atoms with Crippen molar-refractivity contribution in [2.24, 2.45) is 10.7 Å². The maximum absolute atomic E-state index is 15.5. The van der Waals surface area contributed by atoms with Crippen molar-refractivity contribution in [1.29, 1.82) is 0 Å². The second-order valence-electron chi connectivity index (χ2n) is 9.55. The zero-order valence-corrected chi connectivity index (χ0v) is 21.8. The Hall–Kier alpha value is -3.86. The number of aromatic hydroxyl groups is 1. The third-order valence-electron chi connectivity index (χ3n) is 6.54. The molecule has 1 saturated heterocycles. The first-order valence-corrected chi connectivity index (χ1v) is 12.7. The van der Waals surface area contributed by atoms with Crippen molar-refractivity contribution in [1.82, 2.24) is 19.9 Å². The number of benzene rings is 1. The third kappa shape index (κ3) is 5.67. The highest BCUT2D eigenvalue weighted by Gasteiger charge is 2.27. The number of hydrogen-bond acceptors (Lipinski definition) is 8. The molecule has 1 aliphatic rings. The maximum atomic E-state index is 15.5. The lowest BCUT2D eigenvalue weighted by molar-refractivity contribution is 0.470. The van der Waals surface area contributed by atoms with Crippen LogP contribution in [0.2, 0.25) is 0 Å². The normalized spacial score (nSPS) is 17.4. The molecule has 4 rings (SSSR count). The van der Waals surface area contributed by atoms with Gasteiger partial charge in [0.25, 0.3) is 0 Å². The van der Waals surface area contributed by atoms with Gasteiger partial charge in [-0.25, -0.2) is 18.6 Å². The number of anilines is 1. The molecule has 0 aliphatic carbocycles. The summed E-state index contributed by atoms with van der Waals surface area (Å²) in [6.45, 7) is 7.78. The number of phenolic OH excluding ortho intramolecular Hbond substituents is 1. The molecule has 0 radical (unpaired) electrons. The summed E-state index contributed by atoms with van der Waals surface area (Å²) in [6, 6.07) is 4.61. The predicted octanol–water partition coefficient (Wildman–Crippen LogP) is 3.34. The van der Waals surface area contributed by atoms with Gasteiger partial charge in [0.1, 0.15) is 28.7 Å². The summed E-state index contributed by atoms with van der Waals surface area (Å²) in [5.41, 5.74) is 5.13. The van der Waals surface area contributed by atoms with Gasteiger partial charge in [-0.1, -0.05) is 19.4 Å². The first kappa shape index (κ1) is 27.2. The van der Waals surface area contributed by atoms with Crippen LogP contribution in [0.5, 0.6) is 5.75 Å². The number of nitrogens with one attached hydrogen (secondary N) is 1. The fourth-order valence-corrected chi connectivity index (χ4v) is 4.65. The zero-order valence-electron chi connectivity index (χ0n) is 21.8. The van der Waals surface area contributed by atoms with Gasteiger partial charge in [-0.2, -0.15) is 4.98 Å². The minimum absolute atomic E-state index is 0.00298. The number of allylic oxidation sites excluding steroid dienone is 2. The number of aliphatic imine (C=N–C) groups is 1. The zero-order chi connectivity index (χ0) is 27.4. The Kier molecular flexibility index (Phi) is 8.35. The van der Waals surface area contributed by atoms with Gasteiger partial charge in [0.15, 0.2) is 5.82 Å². The van der Waals surface area contributed by atoms with Gasteiger partial charge < -0.3 is 21.1 Å². The highest BCUT2D eigenvalue weighted by molar-refractivity contribution is 5.90. The fraction of sp³-hybridized carbons (Fsp3) is 0.407. The molecule has 1 aliphatic heterocycles. The molecule has 0 bridgehead atoms. The number of fused-ring (bicyclic) bond motifs is 1. The number of halogens is 2. The number of phenols is 1.